The van der Waals surface area contributed by atoms with Gasteiger partial charge >= 0.3 is 0 Å². The standard InChI is InChI=1S/C14H20N2O2.ClH/c1-9-2-7-12(13(17)8-9)14(18)16-11-5-3-10(15)4-6-11;/h2,7-8,10-11,17H,3-6,15H2,1H3,(H,16,18);1H. The number of halogens is 1. The second kappa shape index (κ2) is 6.78. The van der Waals surface area contributed by atoms with E-state index in [4.69, 9.17) is 5.73 Å². The van der Waals surface area contributed by atoms with E-state index in [0.717, 1.165) is 31.2 Å². The predicted octanol–water partition coefficient (Wildman–Crippen LogP) is 2.12. The molecule has 2 rings (SSSR count). The molecule has 0 unspecified atom stereocenters. The average molecular weight is 285 g/mol. The van der Waals surface area contributed by atoms with Crippen molar-refractivity contribution in [1.82, 2.24) is 5.32 Å². The molecule has 0 bridgehead atoms. The molecule has 0 spiro atoms. The van der Waals surface area contributed by atoms with E-state index in [2.05, 4.69) is 5.32 Å². The maximum Gasteiger partial charge on any atom is 0.255 e. The predicted molar refractivity (Wildman–Crippen MR) is 77.8 cm³/mol. The molecule has 0 saturated heterocycles. The Balaban J connectivity index is 0.00000180. The first kappa shape index (κ1) is 15.8. The lowest BCUT2D eigenvalue weighted by atomic mass is 9.91. The van der Waals surface area contributed by atoms with Gasteiger partial charge in [0, 0.05) is 12.1 Å². The van der Waals surface area contributed by atoms with E-state index >= 15 is 0 Å². The fraction of sp³-hybridized carbons (Fsp3) is 0.500. The summed E-state index contributed by atoms with van der Waals surface area (Å²) in [6.45, 7) is 1.88. The molecule has 1 aliphatic carbocycles. The summed E-state index contributed by atoms with van der Waals surface area (Å²) >= 11 is 0. The maximum absolute atomic E-state index is 12.0. The molecule has 0 aliphatic heterocycles. The third-order valence-electron chi connectivity index (χ3n) is 3.50. The number of carbonyl (C=O) groups excluding carboxylic acids is 1. The topological polar surface area (TPSA) is 75.4 Å². The van der Waals surface area contributed by atoms with E-state index in [9.17, 15) is 9.90 Å². The lowest BCUT2D eigenvalue weighted by molar-refractivity contribution is 0.0923. The first-order chi connectivity index (χ1) is 8.56. The molecule has 1 aromatic rings. The van der Waals surface area contributed by atoms with Crippen LogP contribution in [-0.4, -0.2) is 23.1 Å². The van der Waals surface area contributed by atoms with Gasteiger partial charge in [0.05, 0.1) is 5.56 Å². The Morgan fingerprint density at radius 1 is 1.32 bits per heavy atom. The van der Waals surface area contributed by atoms with E-state index in [1.54, 1.807) is 12.1 Å². The monoisotopic (exact) mass is 284 g/mol. The summed E-state index contributed by atoms with van der Waals surface area (Å²) in [5.74, 6) is -0.159. The quantitative estimate of drug-likeness (QED) is 0.779. The molecule has 1 saturated carbocycles. The lowest BCUT2D eigenvalue weighted by Gasteiger charge is -2.26. The van der Waals surface area contributed by atoms with Gasteiger partial charge in [0.2, 0.25) is 0 Å². The number of carbonyl (C=O) groups is 1. The van der Waals surface area contributed by atoms with Gasteiger partial charge in [-0.1, -0.05) is 6.07 Å². The molecule has 0 atom stereocenters. The minimum absolute atomic E-state index is 0. The number of hydrogen-bond acceptors (Lipinski definition) is 3. The molecular formula is C14H21ClN2O2. The van der Waals surface area contributed by atoms with Gasteiger partial charge < -0.3 is 16.2 Å². The second-order valence-corrected chi connectivity index (χ2v) is 5.11. The number of rotatable bonds is 2. The second-order valence-electron chi connectivity index (χ2n) is 5.11. The van der Waals surface area contributed by atoms with E-state index in [1.807, 2.05) is 13.0 Å². The smallest absolute Gasteiger partial charge is 0.255 e. The minimum Gasteiger partial charge on any atom is -0.507 e. The molecule has 0 aromatic heterocycles. The van der Waals surface area contributed by atoms with Crippen molar-refractivity contribution in [2.75, 3.05) is 0 Å². The van der Waals surface area contributed by atoms with Gasteiger partial charge in [-0.3, -0.25) is 4.79 Å². The van der Waals surface area contributed by atoms with Gasteiger partial charge in [0.25, 0.3) is 5.91 Å². The summed E-state index contributed by atoms with van der Waals surface area (Å²) in [6, 6.07) is 5.54. The van der Waals surface area contributed by atoms with Crippen LogP contribution in [0.1, 0.15) is 41.6 Å². The zero-order valence-corrected chi connectivity index (χ0v) is 11.9. The van der Waals surface area contributed by atoms with Crippen molar-refractivity contribution in [3.8, 4) is 5.75 Å². The zero-order chi connectivity index (χ0) is 13.1. The molecule has 106 valence electrons. The van der Waals surface area contributed by atoms with E-state index in [0.29, 0.717) is 5.56 Å². The van der Waals surface area contributed by atoms with E-state index < -0.39 is 0 Å². The summed E-state index contributed by atoms with van der Waals surface area (Å²) in [4.78, 5) is 12.0. The van der Waals surface area contributed by atoms with Crippen molar-refractivity contribution in [1.29, 1.82) is 0 Å². The highest BCUT2D eigenvalue weighted by Gasteiger charge is 2.21. The fourth-order valence-electron chi connectivity index (χ4n) is 2.36. The number of hydrogen-bond donors (Lipinski definition) is 3. The van der Waals surface area contributed by atoms with Gasteiger partial charge in [-0.25, -0.2) is 0 Å². The summed E-state index contributed by atoms with van der Waals surface area (Å²) < 4.78 is 0. The van der Waals surface area contributed by atoms with Crippen LogP contribution in [0.2, 0.25) is 0 Å². The maximum atomic E-state index is 12.0. The highest BCUT2D eigenvalue weighted by Crippen LogP contribution is 2.21. The van der Waals surface area contributed by atoms with Crippen LogP contribution in [0.15, 0.2) is 18.2 Å². The van der Waals surface area contributed by atoms with Gasteiger partial charge in [0.15, 0.2) is 0 Å². The molecular weight excluding hydrogens is 264 g/mol. The number of phenolic OH excluding ortho intramolecular Hbond substituents is 1. The largest absolute Gasteiger partial charge is 0.507 e. The molecule has 0 radical (unpaired) electrons. The van der Waals surface area contributed by atoms with Gasteiger partial charge in [-0.15, -0.1) is 12.4 Å². The number of aryl methyl sites for hydroxylation is 1. The minimum atomic E-state index is -0.201. The van der Waals surface area contributed by atoms with Crippen molar-refractivity contribution >= 4 is 18.3 Å². The summed E-state index contributed by atoms with van der Waals surface area (Å²) in [5.41, 5.74) is 7.11. The van der Waals surface area contributed by atoms with Gasteiger partial charge in [0.1, 0.15) is 5.75 Å². The lowest BCUT2D eigenvalue weighted by Crippen LogP contribution is -2.40. The highest BCUT2D eigenvalue weighted by molar-refractivity contribution is 5.97. The number of phenols is 1. The first-order valence-electron chi connectivity index (χ1n) is 6.42. The highest BCUT2D eigenvalue weighted by atomic mass is 35.5. The summed E-state index contributed by atoms with van der Waals surface area (Å²) in [7, 11) is 0. The van der Waals surface area contributed by atoms with Crippen molar-refractivity contribution in [3.63, 3.8) is 0 Å². The van der Waals surface area contributed by atoms with Crippen LogP contribution < -0.4 is 11.1 Å². The van der Waals surface area contributed by atoms with Crippen LogP contribution >= 0.6 is 12.4 Å². The molecule has 19 heavy (non-hydrogen) atoms. The van der Waals surface area contributed by atoms with Crippen LogP contribution in [0, 0.1) is 6.92 Å². The SMILES string of the molecule is Cc1ccc(C(=O)NC2CCC(N)CC2)c(O)c1.Cl. The molecule has 1 fully saturated rings. The Morgan fingerprint density at radius 2 is 1.95 bits per heavy atom. The molecule has 1 aliphatic rings. The third-order valence-corrected chi connectivity index (χ3v) is 3.50. The third kappa shape index (κ3) is 4.11. The summed E-state index contributed by atoms with van der Waals surface area (Å²) in [5, 5.41) is 12.7. The van der Waals surface area contributed by atoms with Gasteiger partial charge in [-0.05, 0) is 50.3 Å². The van der Waals surface area contributed by atoms with Crippen molar-refractivity contribution in [3.05, 3.63) is 29.3 Å². The zero-order valence-electron chi connectivity index (χ0n) is 11.1. The Kier molecular flexibility index (Phi) is 5.63. The number of amides is 1. The molecule has 1 aromatic carbocycles. The Bertz CT molecular complexity index is 443. The van der Waals surface area contributed by atoms with Crippen LogP contribution in [0.5, 0.6) is 5.75 Å². The normalized spacial score (nSPS) is 22.4. The number of aromatic hydroxyl groups is 1. The number of nitrogens with two attached hydrogens (primary N) is 1. The summed E-state index contributed by atoms with van der Waals surface area (Å²) in [6.07, 6.45) is 3.73. The van der Waals surface area contributed by atoms with Crippen molar-refractivity contribution in [2.45, 2.75) is 44.7 Å². The Morgan fingerprint density at radius 3 is 2.53 bits per heavy atom. The van der Waals surface area contributed by atoms with E-state index in [1.165, 1.54) is 0 Å². The van der Waals surface area contributed by atoms with Crippen LogP contribution in [0.25, 0.3) is 0 Å². The molecule has 0 heterocycles. The van der Waals surface area contributed by atoms with Gasteiger partial charge in [-0.2, -0.15) is 0 Å². The number of benzene rings is 1. The van der Waals surface area contributed by atoms with Crippen LogP contribution in [0.3, 0.4) is 0 Å². The first-order valence-corrected chi connectivity index (χ1v) is 6.42. The number of nitrogens with one attached hydrogen (secondary N) is 1. The molecule has 5 heteroatoms. The van der Waals surface area contributed by atoms with Crippen molar-refractivity contribution in [2.24, 2.45) is 5.73 Å². The molecule has 1 amide bonds. The Hall–Kier alpha value is -1.26. The van der Waals surface area contributed by atoms with Crippen molar-refractivity contribution < 1.29 is 9.90 Å². The Labute approximate surface area is 119 Å². The average Bonchev–Trinajstić information content (AvgIpc) is 2.32. The van der Waals surface area contributed by atoms with Crippen LogP contribution in [0.4, 0.5) is 0 Å². The molecule has 4 nitrogen and oxygen atoms in total. The fourth-order valence-corrected chi connectivity index (χ4v) is 2.36. The van der Waals surface area contributed by atoms with E-state index in [-0.39, 0.29) is 36.1 Å². The molecule has 4 N–H and O–H groups in total. The van der Waals surface area contributed by atoms with Crippen LogP contribution in [-0.2, 0) is 0 Å².